The molecule has 5 aromatic rings. The SMILES string of the molecule is Cc1ncsc1-c1ccc(C(CN)NC(=O)[C@@H]2C[C@@H](O)CN2C(=O)C(NC(=O)COCCOCCOCCOc2cc(F)c([C@@H]3c4[nH]c5ccccc5c4C[C@@H](C)N3CC(C)(C)F)c(F)c2)C(C)(C)C)cc1. The zero-order valence-corrected chi connectivity index (χ0v) is 42.9. The highest BCUT2D eigenvalue weighted by atomic mass is 32.1. The maximum absolute atomic E-state index is 16.0. The van der Waals surface area contributed by atoms with Gasteiger partial charge in [-0.25, -0.2) is 18.2 Å². The van der Waals surface area contributed by atoms with Crippen LogP contribution in [0.1, 0.15) is 88.1 Å². The van der Waals surface area contributed by atoms with E-state index >= 15 is 13.2 Å². The predicted octanol–water partition coefficient (Wildman–Crippen LogP) is 6.70. The molecule has 390 valence electrons. The Balaban J connectivity index is 0.821. The average molecular weight is 1020 g/mol. The maximum atomic E-state index is 16.0. The first-order chi connectivity index (χ1) is 34.2. The van der Waals surface area contributed by atoms with Crippen LogP contribution in [0.25, 0.3) is 21.3 Å². The number of rotatable bonds is 22. The number of hydrogen-bond acceptors (Lipinski definition) is 12. The van der Waals surface area contributed by atoms with Gasteiger partial charge in [-0.1, -0.05) is 63.2 Å². The van der Waals surface area contributed by atoms with Gasteiger partial charge < -0.3 is 50.3 Å². The largest absolute Gasteiger partial charge is 0.491 e. The number of para-hydroxylation sites is 1. The van der Waals surface area contributed by atoms with Crippen LogP contribution < -0.4 is 21.1 Å². The number of benzene rings is 3. The number of nitrogens with zero attached hydrogens (tertiary/aromatic N) is 3. The second-order valence-corrected chi connectivity index (χ2v) is 21.1. The van der Waals surface area contributed by atoms with Gasteiger partial charge in [0, 0.05) is 66.4 Å². The monoisotopic (exact) mass is 1020 g/mol. The number of hydrogen-bond donors (Lipinski definition) is 5. The molecule has 72 heavy (non-hydrogen) atoms. The number of amides is 3. The normalized spacial score (nSPS) is 19.3. The Morgan fingerprint density at radius 2 is 1.60 bits per heavy atom. The first kappa shape index (κ1) is 54.4. The lowest BCUT2D eigenvalue weighted by atomic mass is 9.85. The number of halogens is 3. The molecule has 0 radical (unpaired) electrons. The number of ether oxygens (including phenoxy) is 4. The molecular weight excluding hydrogens is 952 g/mol. The number of carbonyl (C=O) groups is 3. The fourth-order valence-electron chi connectivity index (χ4n) is 9.54. The molecule has 2 aromatic heterocycles. The van der Waals surface area contributed by atoms with E-state index in [1.165, 1.54) is 18.7 Å². The number of alkyl halides is 1. The van der Waals surface area contributed by atoms with E-state index in [1.807, 2.05) is 67.3 Å². The van der Waals surface area contributed by atoms with Crippen LogP contribution in [0.5, 0.6) is 5.75 Å². The van der Waals surface area contributed by atoms with Crippen molar-refractivity contribution < 1.29 is 51.6 Å². The summed E-state index contributed by atoms with van der Waals surface area (Å²) in [4.78, 5) is 52.8. The minimum Gasteiger partial charge on any atom is -0.491 e. The van der Waals surface area contributed by atoms with E-state index in [4.69, 9.17) is 24.7 Å². The number of likely N-dealkylation sites (tertiary alicyclic amines) is 1. The number of nitrogens with one attached hydrogen (secondary N) is 3. The molecule has 0 aliphatic carbocycles. The van der Waals surface area contributed by atoms with Crippen LogP contribution in [-0.4, -0.2) is 138 Å². The van der Waals surface area contributed by atoms with E-state index in [2.05, 4.69) is 20.6 Å². The molecule has 1 saturated heterocycles. The average Bonchev–Trinajstić information content (AvgIpc) is 4.05. The summed E-state index contributed by atoms with van der Waals surface area (Å²) in [5, 5.41) is 17.4. The van der Waals surface area contributed by atoms with Crippen molar-refractivity contribution in [3.63, 3.8) is 0 Å². The maximum Gasteiger partial charge on any atom is 0.246 e. The van der Waals surface area contributed by atoms with Crippen molar-refractivity contribution in [3.05, 3.63) is 106 Å². The fraction of sp³-hybridized carbons (Fsp3) is 0.509. The quantitative estimate of drug-likeness (QED) is 0.0464. The Kier molecular flexibility index (Phi) is 17.8. The number of aromatic amines is 1. The molecule has 2 aliphatic rings. The van der Waals surface area contributed by atoms with Crippen LogP contribution in [0.2, 0.25) is 0 Å². The van der Waals surface area contributed by atoms with Crippen molar-refractivity contribution in [2.24, 2.45) is 11.1 Å². The first-order valence-electron chi connectivity index (χ1n) is 24.4. The lowest BCUT2D eigenvalue weighted by Gasteiger charge is -2.43. The fourth-order valence-corrected chi connectivity index (χ4v) is 10.4. The molecule has 0 spiro atoms. The zero-order valence-electron chi connectivity index (χ0n) is 42.1. The first-order valence-corrected chi connectivity index (χ1v) is 25.3. The molecule has 6 atom stereocenters. The van der Waals surface area contributed by atoms with E-state index in [9.17, 15) is 19.5 Å². The van der Waals surface area contributed by atoms with Gasteiger partial charge in [0.1, 0.15) is 48.4 Å². The lowest BCUT2D eigenvalue weighted by molar-refractivity contribution is -0.144. The van der Waals surface area contributed by atoms with Crippen LogP contribution in [-0.2, 0) is 35.0 Å². The topological polar surface area (TPSA) is 194 Å². The third-order valence-electron chi connectivity index (χ3n) is 13.0. The van der Waals surface area contributed by atoms with E-state index in [-0.39, 0.29) is 89.7 Å². The van der Waals surface area contributed by atoms with Gasteiger partial charge >= 0.3 is 0 Å². The molecule has 15 nitrogen and oxygen atoms in total. The second kappa shape index (κ2) is 23.6. The van der Waals surface area contributed by atoms with Crippen LogP contribution in [0.15, 0.2) is 66.2 Å². The van der Waals surface area contributed by atoms with Gasteiger partial charge in [-0.3, -0.25) is 19.3 Å². The third kappa shape index (κ3) is 13.2. The molecule has 3 aromatic carbocycles. The molecule has 0 saturated carbocycles. The Morgan fingerprint density at radius 3 is 2.22 bits per heavy atom. The van der Waals surface area contributed by atoms with Crippen LogP contribution in [0, 0.1) is 24.0 Å². The van der Waals surface area contributed by atoms with Gasteiger partial charge in [-0.05, 0) is 62.3 Å². The summed E-state index contributed by atoms with van der Waals surface area (Å²) in [6.45, 7) is 12.5. The minimum absolute atomic E-state index is 0.00825. The highest BCUT2D eigenvalue weighted by Crippen LogP contribution is 2.44. The molecule has 2 unspecified atom stereocenters. The van der Waals surface area contributed by atoms with Crippen molar-refractivity contribution in [3.8, 4) is 16.2 Å². The van der Waals surface area contributed by atoms with Crippen molar-refractivity contribution in [2.75, 3.05) is 65.9 Å². The highest BCUT2D eigenvalue weighted by molar-refractivity contribution is 7.13. The summed E-state index contributed by atoms with van der Waals surface area (Å²) < 4.78 is 69.5. The molecule has 0 bridgehead atoms. The minimum atomic E-state index is -1.62. The standard InChI is InChI=1S/C53H68F3N7O8S/c1-31-22-38-37-10-8-9-11-41(37)59-46(38)47(63(31)29-53(6,7)56)45-39(54)24-36(25-40(45)55)71-21-20-69-17-16-68-18-19-70-28-44(65)61-49(52(3,4)5)51(67)62-27-35(64)23-43(62)50(66)60-42(26-57)33-12-14-34(15-13-33)48-32(2)58-30-72-48/h8-15,24-25,30-31,35,42-43,47,49,59,64H,16-23,26-29,57H2,1-7H3,(H,60,66)(H,61,65)/t31-,35-,42?,43+,47-,49?/m1/s1. The molecule has 2 aliphatic heterocycles. The molecule has 1 fully saturated rings. The summed E-state index contributed by atoms with van der Waals surface area (Å²) in [5.41, 5.74) is 10.5. The third-order valence-corrected chi connectivity index (χ3v) is 14.0. The van der Waals surface area contributed by atoms with Crippen molar-refractivity contribution in [2.45, 2.75) is 103 Å². The van der Waals surface area contributed by atoms with Gasteiger partial charge in [-0.15, -0.1) is 11.3 Å². The van der Waals surface area contributed by atoms with Crippen LogP contribution >= 0.6 is 11.3 Å². The molecule has 4 heterocycles. The Hall–Kier alpha value is -5.41. The predicted molar refractivity (Wildman–Crippen MR) is 269 cm³/mol. The molecule has 6 N–H and O–H groups in total. The Bertz CT molecular complexity index is 2630. The van der Waals surface area contributed by atoms with Crippen molar-refractivity contribution >= 4 is 40.0 Å². The van der Waals surface area contributed by atoms with Crippen molar-refractivity contribution in [1.29, 1.82) is 0 Å². The number of aromatic nitrogens is 2. The van der Waals surface area contributed by atoms with Gasteiger partial charge in [0.25, 0.3) is 0 Å². The van der Waals surface area contributed by atoms with E-state index in [0.29, 0.717) is 12.1 Å². The number of thiazole rings is 1. The summed E-state index contributed by atoms with van der Waals surface area (Å²) in [7, 11) is 0. The number of carbonyl (C=O) groups excluding carboxylic acids is 3. The zero-order chi connectivity index (χ0) is 51.9. The number of aryl methyl sites for hydroxylation is 1. The summed E-state index contributed by atoms with van der Waals surface area (Å²) in [5.74, 6) is -3.12. The van der Waals surface area contributed by atoms with Gasteiger partial charge in [-0.2, -0.15) is 0 Å². The number of aliphatic hydroxyl groups excluding tert-OH is 1. The van der Waals surface area contributed by atoms with E-state index in [0.717, 1.165) is 50.3 Å². The number of nitrogens with two attached hydrogens (primary N) is 1. The number of fused-ring (bicyclic) bond motifs is 3. The van der Waals surface area contributed by atoms with Crippen molar-refractivity contribution in [1.82, 2.24) is 30.4 Å². The molecular formula is C53H68F3N7O8S. The molecule has 19 heteroatoms. The van der Waals surface area contributed by atoms with E-state index in [1.54, 1.807) is 37.6 Å². The number of aliphatic hydroxyl groups is 1. The lowest BCUT2D eigenvalue weighted by Crippen LogP contribution is -2.58. The Morgan fingerprint density at radius 1 is 0.944 bits per heavy atom. The van der Waals surface area contributed by atoms with Crippen LogP contribution in [0.4, 0.5) is 13.2 Å². The second-order valence-electron chi connectivity index (χ2n) is 20.3. The summed E-state index contributed by atoms with van der Waals surface area (Å²) in [6.07, 6.45) is -0.314. The van der Waals surface area contributed by atoms with Gasteiger partial charge in [0.15, 0.2) is 0 Å². The number of β-amino-alcohol motifs (C(OH)–C–C–N with tert-alkyl or cyclic N) is 1. The van der Waals surface area contributed by atoms with E-state index < -0.39 is 70.7 Å². The summed E-state index contributed by atoms with van der Waals surface area (Å²) in [6, 6.07) is 14.0. The number of H-pyrrole nitrogens is 1. The van der Waals surface area contributed by atoms with Gasteiger partial charge in [0.2, 0.25) is 17.7 Å². The van der Waals surface area contributed by atoms with Gasteiger partial charge in [0.05, 0.1) is 67.3 Å². The Labute approximate surface area is 422 Å². The molecule has 7 rings (SSSR count). The van der Waals surface area contributed by atoms with Crippen LogP contribution in [0.3, 0.4) is 0 Å². The molecule has 3 amide bonds. The highest BCUT2D eigenvalue weighted by Gasteiger charge is 2.45. The summed E-state index contributed by atoms with van der Waals surface area (Å²) >= 11 is 1.54. The smallest absolute Gasteiger partial charge is 0.246 e.